The van der Waals surface area contributed by atoms with Crippen LogP contribution in [0.15, 0.2) is 18.2 Å². The van der Waals surface area contributed by atoms with Crippen LogP contribution in [-0.4, -0.2) is 23.6 Å². The summed E-state index contributed by atoms with van der Waals surface area (Å²) in [5, 5.41) is 6.21. The number of aryl methyl sites for hydroxylation is 1. The second-order valence-electron chi connectivity index (χ2n) is 6.38. The Bertz CT molecular complexity index is 488. The zero-order valence-corrected chi connectivity index (χ0v) is 13.6. The molecule has 0 bridgehead atoms. The number of benzene rings is 1. The summed E-state index contributed by atoms with van der Waals surface area (Å²) in [7, 11) is 0. The normalized spacial score (nSPS) is 19.1. The van der Waals surface area contributed by atoms with Gasteiger partial charge in [0.25, 0.3) is 0 Å². The summed E-state index contributed by atoms with van der Waals surface area (Å²) in [5.41, 5.74) is 3.93. The molecule has 0 spiro atoms. The summed E-state index contributed by atoms with van der Waals surface area (Å²) in [6.07, 6.45) is 0. The summed E-state index contributed by atoms with van der Waals surface area (Å²) in [6, 6.07) is 6.49. The molecule has 110 valence electrons. The topological polar surface area (TPSA) is 41.1 Å². The van der Waals surface area contributed by atoms with E-state index in [4.69, 9.17) is 0 Å². The summed E-state index contributed by atoms with van der Waals surface area (Å²) >= 11 is 1.77. The molecule has 3 nitrogen and oxygen atoms in total. The average molecular weight is 292 g/mol. The SMILES string of the molecule is Cc1cc(C(C)(C)C)ccc1CNC(=O)C1CSCN1. The van der Waals surface area contributed by atoms with Gasteiger partial charge in [-0.25, -0.2) is 0 Å². The maximum atomic E-state index is 12.0. The van der Waals surface area contributed by atoms with E-state index >= 15 is 0 Å². The quantitative estimate of drug-likeness (QED) is 0.899. The Labute approximate surface area is 125 Å². The Morgan fingerprint density at radius 3 is 2.75 bits per heavy atom. The van der Waals surface area contributed by atoms with E-state index in [1.807, 2.05) is 0 Å². The lowest BCUT2D eigenvalue weighted by molar-refractivity contribution is -0.122. The molecule has 2 N–H and O–H groups in total. The van der Waals surface area contributed by atoms with Crippen molar-refractivity contribution in [3.8, 4) is 0 Å². The van der Waals surface area contributed by atoms with Crippen molar-refractivity contribution in [1.29, 1.82) is 0 Å². The van der Waals surface area contributed by atoms with E-state index in [0.717, 1.165) is 11.6 Å². The van der Waals surface area contributed by atoms with Crippen LogP contribution in [0.1, 0.15) is 37.5 Å². The Morgan fingerprint density at radius 2 is 2.20 bits per heavy atom. The van der Waals surface area contributed by atoms with E-state index in [9.17, 15) is 4.79 Å². The first-order chi connectivity index (χ1) is 9.38. The van der Waals surface area contributed by atoms with Crippen LogP contribution in [0, 0.1) is 6.92 Å². The molecule has 0 aliphatic carbocycles. The van der Waals surface area contributed by atoms with E-state index in [-0.39, 0.29) is 17.4 Å². The van der Waals surface area contributed by atoms with Gasteiger partial charge in [-0.05, 0) is 29.0 Å². The van der Waals surface area contributed by atoms with Crippen LogP contribution in [0.3, 0.4) is 0 Å². The van der Waals surface area contributed by atoms with Gasteiger partial charge in [0.05, 0.1) is 6.04 Å². The number of amides is 1. The third-order valence-electron chi connectivity index (χ3n) is 3.69. The number of carbonyl (C=O) groups excluding carboxylic acids is 1. The molecule has 1 aliphatic heterocycles. The molecule has 20 heavy (non-hydrogen) atoms. The molecule has 0 aromatic heterocycles. The Hall–Kier alpha value is -1.000. The van der Waals surface area contributed by atoms with Crippen molar-refractivity contribution in [2.45, 2.75) is 45.7 Å². The number of carbonyl (C=O) groups is 1. The summed E-state index contributed by atoms with van der Waals surface area (Å²) in [5.74, 6) is 1.85. The lowest BCUT2D eigenvalue weighted by Crippen LogP contribution is -2.41. The zero-order valence-electron chi connectivity index (χ0n) is 12.7. The first-order valence-corrected chi connectivity index (χ1v) is 8.22. The number of hydrogen-bond acceptors (Lipinski definition) is 3. The second kappa shape index (κ2) is 6.19. The van der Waals surface area contributed by atoms with Crippen molar-refractivity contribution >= 4 is 17.7 Å². The fourth-order valence-electron chi connectivity index (χ4n) is 2.23. The van der Waals surface area contributed by atoms with Gasteiger partial charge >= 0.3 is 0 Å². The summed E-state index contributed by atoms with van der Waals surface area (Å²) in [4.78, 5) is 12.0. The van der Waals surface area contributed by atoms with Crippen LogP contribution in [0.2, 0.25) is 0 Å². The predicted molar refractivity (Wildman–Crippen MR) is 86.0 cm³/mol. The highest BCUT2D eigenvalue weighted by molar-refractivity contribution is 7.99. The van der Waals surface area contributed by atoms with Gasteiger partial charge in [-0.2, -0.15) is 0 Å². The van der Waals surface area contributed by atoms with Gasteiger partial charge in [0.15, 0.2) is 0 Å². The predicted octanol–water partition coefficient (Wildman–Crippen LogP) is 2.57. The van der Waals surface area contributed by atoms with E-state index < -0.39 is 0 Å². The molecule has 1 aromatic carbocycles. The highest BCUT2D eigenvalue weighted by Gasteiger charge is 2.22. The van der Waals surface area contributed by atoms with Gasteiger partial charge in [-0.15, -0.1) is 11.8 Å². The first kappa shape index (κ1) is 15.4. The minimum Gasteiger partial charge on any atom is -0.351 e. The molecule has 4 heteroatoms. The van der Waals surface area contributed by atoms with E-state index in [1.165, 1.54) is 16.7 Å². The monoisotopic (exact) mass is 292 g/mol. The molecular formula is C16H24N2OS. The fourth-order valence-corrected chi connectivity index (χ4v) is 3.17. The molecule has 1 saturated heterocycles. The van der Waals surface area contributed by atoms with Crippen molar-refractivity contribution in [1.82, 2.24) is 10.6 Å². The summed E-state index contributed by atoms with van der Waals surface area (Å²) in [6.45, 7) is 9.37. The molecule has 1 aliphatic rings. The van der Waals surface area contributed by atoms with Gasteiger partial charge in [0, 0.05) is 18.2 Å². The second-order valence-corrected chi connectivity index (χ2v) is 7.41. The molecule has 2 rings (SSSR count). The van der Waals surface area contributed by atoms with Crippen molar-refractivity contribution in [3.63, 3.8) is 0 Å². The first-order valence-electron chi connectivity index (χ1n) is 7.07. The maximum Gasteiger partial charge on any atom is 0.238 e. The van der Waals surface area contributed by atoms with E-state index in [1.54, 1.807) is 11.8 Å². The van der Waals surface area contributed by atoms with Crippen molar-refractivity contribution < 1.29 is 4.79 Å². The number of thioether (sulfide) groups is 1. The average Bonchev–Trinajstić information content (AvgIpc) is 2.89. The third kappa shape index (κ3) is 3.76. The molecule has 0 saturated carbocycles. The zero-order chi connectivity index (χ0) is 14.8. The molecule has 1 fully saturated rings. The van der Waals surface area contributed by atoms with Gasteiger partial charge in [0.1, 0.15) is 0 Å². The molecule has 1 unspecified atom stereocenters. The summed E-state index contributed by atoms with van der Waals surface area (Å²) < 4.78 is 0. The molecular weight excluding hydrogens is 268 g/mol. The van der Waals surface area contributed by atoms with Crippen molar-refractivity contribution in [3.05, 3.63) is 34.9 Å². The molecule has 1 aromatic rings. The third-order valence-corrected chi connectivity index (χ3v) is 4.63. The van der Waals surface area contributed by atoms with Crippen LogP contribution in [-0.2, 0) is 16.8 Å². The smallest absolute Gasteiger partial charge is 0.238 e. The Balaban J connectivity index is 1.98. The molecule has 0 radical (unpaired) electrons. The Morgan fingerprint density at radius 1 is 1.45 bits per heavy atom. The minimum atomic E-state index is -0.0332. The van der Waals surface area contributed by atoms with Gasteiger partial charge in [-0.3, -0.25) is 10.1 Å². The number of rotatable bonds is 3. The van der Waals surface area contributed by atoms with Crippen LogP contribution in [0.4, 0.5) is 0 Å². The standard InChI is InChI=1S/C16H24N2OS/c1-11-7-13(16(2,3)4)6-5-12(11)8-17-15(19)14-9-20-10-18-14/h5-7,14,18H,8-10H2,1-4H3,(H,17,19). The molecule has 1 heterocycles. The van der Waals surface area contributed by atoms with Gasteiger partial charge in [-0.1, -0.05) is 39.0 Å². The fraction of sp³-hybridized carbons (Fsp3) is 0.562. The van der Waals surface area contributed by atoms with Crippen LogP contribution in [0.25, 0.3) is 0 Å². The largest absolute Gasteiger partial charge is 0.351 e. The number of nitrogens with one attached hydrogen (secondary N) is 2. The molecule has 1 amide bonds. The van der Waals surface area contributed by atoms with Crippen LogP contribution < -0.4 is 10.6 Å². The number of hydrogen-bond donors (Lipinski definition) is 2. The van der Waals surface area contributed by atoms with Crippen LogP contribution in [0.5, 0.6) is 0 Å². The lowest BCUT2D eigenvalue weighted by atomic mass is 9.85. The maximum absolute atomic E-state index is 12.0. The van der Waals surface area contributed by atoms with Crippen molar-refractivity contribution in [2.24, 2.45) is 0 Å². The van der Waals surface area contributed by atoms with Crippen LogP contribution >= 0.6 is 11.8 Å². The van der Waals surface area contributed by atoms with E-state index in [0.29, 0.717) is 6.54 Å². The van der Waals surface area contributed by atoms with Crippen molar-refractivity contribution in [2.75, 3.05) is 11.6 Å². The van der Waals surface area contributed by atoms with E-state index in [2.05, 4.69) is 56.5 Å². The highest BCUT2D eigenvalue weighted by atomic mass is 32.2. The molecule has 1 atom stereocenters. The minimum absolute atomic E-state index is 0.0332. The highest BCUT2D eigenvalue weighted by Crippen LogP contribution is 2.24. The van der Waals surface area contributed by atoms with Gasteiger partial charge in [0.2, 0.25) is 5.91 Å². The van der Waals surface area contributed by atoms with Gasteiger partial charge < -0.3 is 5.32 Å². The Kier molecular flexibility index (Phi) is 4.76. The lowest BCUT2D eigenvalue weighted by Gasteiger charge is -2.21.